The van der Waals surface area contributed by atoms with Crippen LogP contribution in [0.25, 0.3) is 0 Å². The number of aryl methyl sites for hydroxylation is 1. The van der Waals surface area contributed by atoms with E-state index in [1.165, 1.54) is 26.4 Å². The van der Waals surface area contributed by atoms with Crippen molar-refractivity contribution >= 4 is 28.9 Å². The van der Waals surface area contributed by atoms with Crippen LogP contribution in [0.2, 0.25) is 5.02 Å². The van der Waals surface area contributed by atoms with E-state index in [9.17, 15) is 18.0 Å². The van der Waals surface area contributed by atoms with Crippen molar-refractivity contribution in [1.82, 2.24) is 0 Å². The molecule has 5 nitrogen and oxygen atoms in total. The lowest BCUT2D eigenvalue weighted by atomic mass is 10.1. The number of nitrogens with one attached hydrogen (secondary N) is 1. The maximum atomic E-state index is 13.3. The number of esters is 1. The van der Waals surface area contributed by atoms with Crippen molar-refractivity contribution in [2.24, 2.45) is 0 Å². The van der Waals surface area contributed by atoms with Crippen LogP contribution in [0.3, 0.4) is 0 Å². The van der Waals surface area contributed by atoms with Gasteiger partial charge in [-0.15, -0.1) is 0 Å². The lowest BCUT2D eigenvalue weighted by Crippen LogP contribution is -2.13. The van der Waals surface area contributed by atoms with Crippen molar-refractivity contribution < 1.29 is 32.2 Å². The SMILES string of the molecule is COc1cc(OC)cc(OC(=O)c2ccc(C(F)(F)F)cc2Nc2cc(Cl)ccc2C)c1. The fourth-order valence-corrected chi connectivity index (χ4v) is 3.05. The van der Waals surface area contributed by atoms with Gasteiger partial charge in [0.05, 0.1) is 31.0 Å². The van der Waals surface area contributed by atoms with Crippen LogP contribution in [0.1, 0.15) is 21.5 Å². The standard InChI is InChI=1S/C23H19ClF3NO4/c1-13-4-6-15(24)9-20(13)28-21-8-14(23(25,26)27)5-7-19(21)22(29)32-18-11-16(30-2)10-17(12-18)31-3/h4-12,28H,1-3H3. The molecule has 0 saturated heterocycles. The number of methoxy groups -OCH3 is 2. The van der Waals surface area contributed by atoms with E-state index < -0.39 is 17.7 Å². The van der Waals surface area contributed by atoms with E-state index in [0.29, 0.717) is 22.2 Å². The molecule has 9 heteroatoms. The van der Waals surface area contributed by atoms with Gasteiger partial charge in [-0.2, -0.15) is 13.2 Å². The molecular formula is C23H19ClF3NO4. The van der Waals surface area contributed by atoms with Crippen molar-refractivity contribution in [2.75, 3.05) is 19.5 Å². The molecule has 0 heterocycles. The topological polar surface area (TPSA) is 56.8 Å². The Morgan fingerprint density at radius 3 is 2.09 bits per heavy atom. The zero-order valence-corrected chi connectivity index (χ0v) is 18.1. The second-order valence-corrected chi connectivity index (χ2v) is 7.22. The molecule has 168 valence electrons. The molecule has 1 N–H and O–H groups in total. The van der Waals surface area contributed by atoms with Crippen LogP contribution in [0.5, 0.6) is 17.2 Å². The lowest BCUT2D eigenvalue weighted by molar-refractivity contribution is -0.137. The highest BCUT2D eigenvalue weighted by atomic mass is 35.5. The van der Waals surface area contributed by atoms with Gasteiger partial charge in [0.2, 0.25) is 0 Å². The molecule has 0 spiro atoms. The predicted octanol–water partition coefficient (Wildman–Crippen LogP) is 6.65. The molecule has 0 aliphatic carbocycles. The van der Waals surface area contributed by atoms with Gasteiger partial charge in [0, 0.05) is 28.9 Å². The molecule has 0 amide bonds. The average molecular weight is 466 g/mol. The van der Waals surface area contributed by atoms with E-state index >= 15 is 0 Å². The molecule has 0 bridgehead atoms. The van der Waals surface area contributed by atoms with Gasteiger partial charge in [-0.05, 0) is 42.8 Å². The molecule has 32 heavy (non-hydrogen) atoms. The second-order valence-electron chi connectivity index (χ2n) is 6.78. The summed E-state index contributed by atoms with van der Waals surface area (Å²) in [4.78, 5) is 12.9. The Kier molecular flexibility index (Phi) is 6.84. The monoisotopic (exact) mass is 465 g/mol. The zero-order chi connectivity index (χ0) is 23.5. The molecule has 0 fully saturated rings. The Bertz CT molecular complexity index is 1130. The molecule has 0 aromatic heterocycles. The minimum absolute atomic E-state index is 0.0787. The van der Waals surface area contributed by atoms with Crippen LogP contribution < -0.4 is 19.5 Å². The minimum Gasteiger partial charge on any atom is -0.496 e. The molecule has 0 aliphatic rings. The maximum absolute atomic E-state index is 13.3. The van der Waals surface area contributed by atoms with E-state index in [4.69, 9.17) is 25.8 Å². The molecule has 3 rings (SSSR count). The minimum atomic E-state index is -4.59. The first-order valence-electron chi connectivity index (χ1n) is 9.30. The first kappa shape index (κ1) is 23.3. The van der Waals surface area contributed by atoms with Gasteiger partial charge < -0.3 is 19.5 Å². The van der Waals surface area contributed by atoms with Gasteiger partial charge in [0.15, 0.2) is 0 Å². The number of rotatable bonds is 6. The number of benzene rings is 3. The van der Waals surface area contributed by atoms with Gasteiger partial charge >= 0.3 is 12.1 Å². The Balaban J connectivity index is 2.01. The largest absolute Gasteiger partial charge is 0.496 e. The van der Waals surface area contributed by atoms with Crippen LogP contribution >= 0.6 is 11.6 Å². The number of ether oxygens (including phenoxy) is 3. The first-order valence-corrected chi connectivity index (χ1v) is 9.68. The third kappa shape index (κ3) is 5.45. The summed E-state index contributed by atoms with van der Waals surface area (Å²) >= 11 is 6.02. The van der Waals surface area contributed by atoms with Crippen molar-refractivity contribution in [3.63, 3.8) is 0 Å². The second kappa shape index (κ2) is 9.40. The van der Waals surface area contributed by atoms with Gasteiger partial charge in [0.1, 0.15) is 17.2 Å². The molecule has 0 aliphatic heterocycles. The number of hydrogen-bond acceptors (Lipinski definition) is 5. The van der Waals surface area contributed by atoms with Crippen LogP contribution in [0.15, 0.2) is 54.6 Å². The fourth-order valence-electron chi connectivity index (χ4n) is 2.88. The molecular weight excluding hydrogens is 447 g/mol. The van der Waals surface area contributed by atoms with Gasteiger partial charge in [-0.3, -0.25) is 0 Å². The number of halogens is 4. The summed E-state index contributed by atoms with van der Waals surface area (Å²) in [6.07, 6.45) is -4.59. The summed E-state index contributed by atoms with van der Waals surface area (Å²) in [5.74, 6) is 0.00661. The number of alkyl halides is 3. The number of hydrogen-bond donors (Lipinski definition) is 1. The van der Waals surface area contributed by atoms with Crippen LogP contribution in [-0.4, -0.2) is 20.2 Å². The Morgan fingerprint density at radius 1 is 0.875 bits per heavy atom. The Labute approximate surface area is 187 Å². The molecule has 3 aromatic rings. The number of carbonyl (C=O) groups is 1. The predicted molar refractivity (Wildman–Crippen MR) is 115 cm³/mol. The van der Waals surface area contributed by atoms with E-state index in [1.54, 1.807) is 31.2 Å². The summed E-state index contributed by atoms with van der Waals surface area (Å²) in [6.45, 7) is 1.76. The third-order valence-electron chi connectivity index (χ3n) is 4.57. The smallest absolute Gasteiger partial charge is 0.416 e. The summed E-state index contributed by atoms with van der Waals surface area (Å²) in [7, 11) is 2.87. The van der Waals surface area contributed by atoms with Gasteiger partial charge in [0.25, 0.3) is 0 Å². The van der Waals surface area contributed by atoms with Crippen LogP contribution in [0, 0.1) is 6.92 Å². The average Bonchev–Trinajstić information content (AvgIpc) is 2.75. The van der Waals surface area contributed by atoms with Crippen LogP contribution in [0.4, 0.5) is 24.5 Å². The van der Waals surface area contributed by atoms with Crippen molar-refractivity contribution in [3.8, 4) is 17.2 Å². The summed E-state index contributed by atoms with van der Waals surface area (Å²) in [5, 5.41) is 3.26. The van der Waals surface area contributed by atoms with Crippen LogP contribution in [-0.2, 0) is 6.18 Å². The quantitative estimate of drug-likeness (QED) is 0.326. The summed E-state index contributed by atoms with van der Waals surface area (Å²) < 4.78 is 55.6. The van der Waals surface area contributed by atoms with Gasteiger partial charge in [-0.1, -0.05) is 17.7 Å². The van der Waals surface area contributed by atoms with Crippen molar-refractivity contribution in [1.29, 1.82) is 0 Å². The molecule has 3 aromatic carbocycles. The summed E-state index contributed by atoms with van der Waals surface area (Å²) in [5.41, 5.74) is 0.0843. The number of carbonyl (C=O) groups excluding carboxylic acids is 1. The first-order chi connectivity index (χ1) is 15.1. The highest BCUT2D eigenvalue weighted by Crippen LogP contribution is 2.35. The van der Waals surface area contributed by atoms with E-state index in [1.807, 2.05) is 0 Å². The molecule has 0 saturated carbocycles. The molecule has 0 unspecified atom stereocenters. The van der Waals surface area contributed by atoms with Gasteiger partial charge in [-0.25, -0.2) is 4.79 Å². The highest BCUT2D eigenvalue weighted by Gasteiger charge is 2.32. The normalized spacial score (nSPS) is 11.1. The van der Waals surface area contributed by atoms with E-state index in [2.05, 4.69) is 5.32 Å². The van der Waals surface area contributed by atoms with Crippen molar-refractivity contribution in [3.05, 3.63) is 76.3 Å². The Morgan fingerprint density at radius 2 is 1.50 bits per heavy atom. The fraction of sp³-hybridized carbons (Fsp3) is 0.174. The zero-order valence-electron chi connectivity index (χ0n) is 17.3. The highest BCUT2D eigenvalue weighted by molar-refractivity contribution is 6.30. The lowest BCUT2D eigenvalue weighted by Gasteiger charge is -2.16. The number of anilines is 2. The summed E-state index contributed by atoms with van der Waals surface area (Å²) in [6, 6.07) is 12.1. The van der Waals surface area contributed by atoms with E-state index in [-0.39, 0.29) is 17.0 Å². The van der Waals surface area contributed by atoms with Crippen molar-refractivity contribution in [2.45, 2.75) is 13.1 Å². The third-order valence-corrected chi connectivity index (χ3v) is 4.81. The molecule has 0 radical (unpaired) electrons. The maximum Gasteiger partial charge on any atom is 0.416 e. The molecule has 0 atom stereocenters. The Hall–Kier alpha value is -3.39. The van der Waals surface area contributed by atoms with E-state index in [0.717, 1.165) is 23.8 Å².